The Morgan fingerprint density at radius 3 is 2.31 bits per heavy atom. The molecule has 0 saturated heterocycles. The Bertz CT molecular complexity index is 591. The van der Waals surface area contributed by atoms with Gasteiger partial charge in [0.1, 0.15) is 4.90 Å². The van der Waals surface area contributed by atoms with Crippen molar-refractivity contribution in [2.24, 2.45) is 0 Å². The van der Waals surface area contributed by atoms with Crippen molar-refractivity contribution in [1.29, 1.82) is 0 Å². The van der Waals surface area contributed by atoms with Gasteiger partial charge in [0.2, 0.25) is 9.84 Å². The molecule has 2 aromatic rings. The molecule has 2 aromatic carbocycles. The number of anilines is 1. The van der Waals surface area contributed by atoms with Gasteiger partial charge in [-0.15, -0.1) is 0 Å². The van der Waals surface area contributed by atoms with E-state index in [1.165, 1.54) is 18.2 Å². The van der Waals surface area contributed by atoms with Crippen LogP contribution in [0.3, 0.4) is 0 Å². The van der Waals surface area contributed by atoms with E-state index in [-0.39, 0.29) is 15.5 Å². The number of nitrogen functional groups attached to an aromatic ring is 1. The van der Waals surface area contributed by atoms with Crippen LogP contribution in [0.5, 0.6) is 0 Å². The van der Waals surface area contributed by atoms with Crippen molar-refractivity contribution in [3.8, 4) is 0 Å². The monoisotopic (exact) mass is 232 g/mol. The third-order valence-corrected chi connectivity index (χ3v) is 3.95. The molecule has 0 aromatic heterocycles. The van der Waals surface area contributed by atoms with Crippen LogP contribution in [0.2, 0.25) is 0 Å². The van der Waals surface area contributed by atoms with Gasteiger partial charge in [-0.1, -0.05) is 30.3 Å². The van der Waals surface area contributed by atoms with Crippen LogP contribution in [0.1, 0.15) is 0 Å². The van der Waals surface area contributed by atoms with E-state index in [0.717, 1.165) is 0 Å². The maximum Gasteiger partial charge on any atom is 0.209 e. The van der Waals surface area contributed by atoms with E-state index in [9.17, 15) is 8.42 Å². The number of sulfone groups is 1. The Morgan fingerprint density at radius 2 is 1.69 bits per heavy atom. The molecule has 2 rings (SSSR count). The second-order valence-corrected chi connectivity index (χ2v) is 5.16. The van der Waals surface area contributed by atoms with Gasteiger partial charge in [0.25, 0.3) is 0 Å². The average Bonchev–Trinajstić information content (AvgIpc) is 2.30. The topological polar surface area (TPSA) is 60.2 Å². The minimum Gasteiger partial charge on any atom is -0.398 e. The summed E-state index contributed by atoms with van der Waals surface area (Å²) >= 11 is 0. The normalized spacial score (nSPS) is 11.2. The van der Waals surface area contributed by atoms with Gasteiger partial charge in [-0.2, -0.15) is 0 Å². The zero-order chi connectivity index (χ0) is 11.6. The highest BCUT2D eigenvalue weighted by atomic mass is 32.2. The SMILES string of the molecule is Nc1ccc[c]c1S(=O)(=O)c1ccccc1. The van der Waals surface area contributed by atoms with E-state index in [0.29, 0.717) is 0 Å². The highest BCUT2D eigenvalue weighted by Gasteiger charge is 2.19. The molecule has 0 atom stereocenters. The maximum atomic E-state index is 12.1. The van der Waals surface area contributed by atoms with Gasteiger partial charge < -0.3 is 5.73 Å². The molecule has 0 aliphatic heterocycles. The molecular weight excluding hydrogens is 222 g/mol. The molecule has 0 saturated carbocycles. The van der Waals surface area contributed by atoms with Crippen molar-refractivity contribution in [2.45, 2.75) is 9.79 Å². The molecular formula is C12H10NO2S. The minimum absolute atomic E-state index is 0.0289. The maximum absolute atomic E-state index is 12.1. The van der Waals surface area contributed by atoms with E-state index in [1.807, 2.05) is 0 Å². The third-order valence-electron chi connectivity index (χ3n) is 2.17. The summed E-state index contributed by atoms with van der Waals surface area (Å²) in [6.07, 6.45) is 0. The summed E-state index contributed by atoms with van der Waals surface area (Å²) in [6.45, 7) is 0. The molecule has 0 bridgehead atoms. The first-order valence-corrected chi connectivity index (χ1v) is 6.17. The van der Waals surface area contributed by atoms with Crippen molar-refractivity contribution >= 4 is 15.5 Å². The number of hydrogen-bond donors (Lipinski definition) is 1. The highest BCUT2D eigenvalue weighted by Crippen LogP contribution is 2.24. The Labute approximate surface area is 94.5 Å². The lowest BCUT2D eigenvalue weighted by molar-refractivity contribution is 0.596. The summed E-state index contributed by atoms with van der Waals surface area (Å²) < 4.78 is 24.3. The fraction of sp³-hybridized carbons (Fsp3) is 0. The Hall–Kier alpha value is -1.81. The molecule has 0 spiro atoms. The first kappa shape index (κ1) is 10.7. The molecule has 16 heavy (non-hydrogen) atoms. The van der Waals surface area contributed by atoms with Crippen molar-refractivity contribution in [3.05, 3.63) is 54.6 Å². The molecule has 2 N–H and O–H groups in total. The van der Waals surface area contributed by atoms with Gasteiger partial charge >= 0.3 is 0 Å². The van der Waals surface area contributed by atoms with Crippen LogP contribution in [-0.2, 0) is 9.84 Å². The smallest absolute Gasteiger partial charge is 0.209 e. The second-order valence-electron chi connectivity index (χ2n) is 3.27. The van der Waals surface area contributed by atoms with E-state index >= 15 is 0 Å². The largest absolute Gasteiger partial charge is 0.398 e. The second kappa shape index (κ2) is 3.98. The van der Waals surface area contributed by atoms with Crippen LogP contribution in [0.15, 0.2) is 58.3 Å². The molecule has 0 fully saturated rings. The quantitative estimate of drug-likeness (QED) is 0.804. The summed E-state index contributed by atoms with van der Waals surface area (Å²) in [5.41, 5.74) is 5.85. The van der Waals surface area contributed by atoms with Crippen molar-refractivity contribution < 1.29 is 8.42 Å². The van der Waals surface area contributed by atoms with E-state index in [2.05, 4.69) is 6.07 Å². The summed E-state index contributed by atoms with van der Waals surface area (Å²) in [6, 6.07) is 15.6. The third kappa shape index (κ3) is 1.79. The Morgan fingerprint density at radius 1 is 1.00 bits per heavy atom. The van der Waals surface area contributed by atoms with E-state index in [1.54, 1.807) is 30.3 Å². The van der Waals surface area contributed by atoms with Crippen LogP contribution in [0.4, 0.5) is 5.69 Å². The van der Waals surface area contributed by atoms with Gasteiger partial charge in [-0.3, -0.25) is 0 Å². The molecule has 4 heteroatoms. The standard InChI is InChI=1S/C12H10NO2S/c13-11-8-4-5-9-12(11)16(14,15)10-6-2-1-3-7-10/h1-8H,13H2. The lowest BCUT2D eigenvalue weighted by Crippen LogP contribution is -2.05. The lowest BCUT2D eigenvalue weighted by atomic mass is 10.3. The summed E-state index contributed by atoms with van der Waals surface area (Å²) in [5.74, 6) is 0. The molecule has 0 aliphatic carbocycles. The zero-order valence-electron chi connectivity index (χ0n) is 8.42. The van der Waals surface area contributed by atoms with Crippen molar-refractivity contribution in [3.63, 3.8) is 0 Å². The molecule has 0 aliphatic rings. The molecule has 3 nitrogen and oxygen atoms in total. The highest BCUT2D eigenvalue weighted by molar-refractivity contribution is 7.91. The predicted octanol–water partition coefficient (Wildman–Crippen LogP) is 1.90. The van der Waals surface area contributed by atoms with Crippen LogP contribution in [0, 0.1) is 6.07 Å². The molecule has 81 valence electrons. The van der Waals surface area contributed by atoms with E-state index in [4.69, 9.17) is 5.73 Å². The van der Waals surface area contributed by atoms with Crippen LogP contribution >= 0.6 is 0 Å². The Balaban J connectivity index is 2.62. The van der Waals surface area contributed by atoms with Crippen LogP contribution < -0.4 is 5.73 Å². The molecule has 0 heterocycles. The number of nitrogens with two attached hydrogens (primary N) is 1. The van der Waals surface area contributed by atoms with Crippen molar-refractivity contribution in [2.75, 3.05) is 5.73 Å². The molecule has 0 amide bonds. The van der Waals surface area contributed by atoms with E-state index < -0.39 is 9.84 Å². The van der Waals surface area contributed by atoms with Gasteiger partial charge in [-0.25, -0.2) is 8.42 Å². The first-order valence-electron chi connectivity index (χ1n) is 4.68. The molecule has 1 radical (unpaired) electrons. The summed E-state index contributed by atoms with van der Waals surface area (Å²) in [4.78, 5) is 0.255. The fourth-order valence-corrected chi connectivity index (χ4v) is 2.74. The number of rotatable bonds is 2. The predicted molar refractivity (Wildman–Crippen MR) is 61.6 cm³/mol. The van der Waals surface area contributed by atoms with Crippen LogP contribution in [0.25, 0.3) is 0 Å². The average molecular weight is 232 g/mol. The molecule has 0 unspecified atom stereocenters. The zero-order valence-corrected chi connectivity index (χ0v) is 9.24. The Kier molecular flexibility index (Phi) is 2.66. The number of hydrogen-bond acceptors (Lipinski definition) is 3. The first-order chi connectivity index (χ1) is 7.62. The van der Waals surface area contributed by atoms with Crippen molar-refractivity contribution in [1.82, 2.24) is 0 Å². The summed E-state index contributed by atoms with van der Waals surface area (Å²) in [5, 5.41) is 0. The van der Waals surface area contributed by atoms with Gasteiger partial charge in [0, 0.05) is 6.07 Å². The number of benzene rings is 2. The lowest BCUT2D eigenvalue weighted by Gasteiger charge is -2.06. The van der Waals surface area contributed by atoms with Gasteiger partial charge in [0.15, 0.2) is 0 Å². The minimum atomic E-state index is -3.55. The van der Waals surface area contributed by atoms with Crippen LogP contribution in [-0.4, -0.2) is 8.42 Å². The van der Waals surface area contributed by atoms with Gasteiger partial charge in [-0.05, 0) is 18.2 Å². The fourth-order valence-electron chi connectivity index (χ4n) is 1.38. The summed E-state index contributed by atoms with van der Waals surface area (Å²) in [7, 11) is -3.55. The van der Waals surface area contributed by atoms with Gasteiger partial charge in [0.05, 0.1) is 10.6 Å².